The van der Waals surface area contributed by atoms with E-state index in [-0.39, 0.29) is 11.4 Å². The highest BCUT2D eigenvalue weighted by Gasteiger charge is 2.46. The molecule has 2 aromatic rings. The average Bonchev–Trinajstić information content (AvgIpc) is 3.29. The first-order valence-electron chi connectivity index (χ1n) is 7.91. The van der Waals surface area contributed by atoms with Gasteiger partial charge in [-0.1, -0.05) is 23.2 Å². The van der Waals surface area contributed by atoms with Crippen molar-refractivity contribution in [1.29, 1.82) is 0 Å². The smallest absolute Gasteiger partial charge is 0.306 e. The highest BCUT2D eigenvalue weighted by Crippen LogP contribution is 2.51. The van der Waals surface area contributed by atoms with Crippen LogP contribution in [-0.2, 0) is 14.9 Å². The van der Waals surface area contributed by atoms with Gasteiger partial charge in [-0.2, -0.15) is 0 Å². The summed E-state index contributed by atoms with van der Waals surface area (Å²) in [4.78, 5) is 11.6. The fourth-order valence-corrected chi connectivity index (χ4v) is 2.85. The summed E-state index contributed by atoms with van der Waals surface area (Å²) in [5.41, 5.74) is 3.62. The zero-order valence-electron chi connectivity index (χ0n) is 14.1. The third-order valence-corrected chi connectivity index (χ3v) is 4.49. The number of carbonyl (C=O) groups is 1. The Morgan fingerprint density at radius 1 is 1.33 bits per heavy atom. The topological polar surface area (TPSA) is 64.4 Å². The molecule has 3 rings (SSSR count). The van der Waals surface area contributed by atoms with Gasteiger partial charge in [0.1, 0.15) is 11.4 Å². The molecule has 0 spiro atoms. The zero-order chi connectivity index (χ0) is 17.2. The van der Waals surface area contributed by atoms with Crippen LogP contribution >= 0.6 is 0 Å². The first-order valence-corrected chi connectivity index (χ1v) is 7.91. The van der Waals surface area contributed by atoms with Crippen molar-refractivity contribution in [3.05, 3.63) is 46.8 Å². The third kappa shape index (κ3) is 3.13. The second-order valence-corrected chi connectivity index (χ2v) is 6.08. The molecular formula is C19H20N2O3. The summed E-state index contributed by atoms with van der Waals surface area (Å²) in [6.07, 6.45) is 2.49. The second kappa shape index (κ2) is 6.40. The summed E-state index contributed by atoms with van der Waals surface area (Å²) in [5, 5.41) is 6.94. The van der Waals surface area contributed by atoms with E-state index in [4.69, 9.17) is 9.26 Å². The molecule has 124 valence electrons. The van der Waals surface area contributed by atoms with Gasteiger partial charge in [-0.05, 0) is 43.4 Å². The summed E-state index contributed by atoms with van der Waals surface area (Å²) < 4.78 is 10.0. The molecule has 1 aliphatic rings. The van der Waals surface area contributed by atoms with Crippen LogP contribution in [0, 0.1) is 18.8 Å². The van der Waals surface area contributed by atoms with Gasteiger partial charge in [-0.25, -0.2) is 0 Å². The Hall–Kier alpha value is -2.74. The predicted molar refractivity (Wildman–Crippen MR) is 90.8 cm³/mol. The normalized spacial score (nSPS) is 14.5. The van der Waals surface area contributed by atoms with Crippen LogP contribution in [-0.4, -0.2) is 25.3 Å². The Kier molecular flexibility index (Phi) is 4.30. The summed E-state index contributed by atoms with van der Waals surface area (Å²) in [6, 6.07) is 8.04. The maximum absolute atomic E-state index is 11.6. The van der Waals surface area contributed by atoms with E-state index < -0.39 is 0 Å². The van der Waals surface area contributed by atoms with Crippen LogP contribution in [0.15, 0.2) is 28.8 Å². The first-order chi connectivity index (χ1) is 11.6. The van der Waals surface area contributed by atoms with Gasteiger partial charge in [0.15, 0.2) is 0 Å². The fraction of sp³-hybridized carbons (Fsp3) is 0.368. The predicted octanol–water partition coefficient (Wildman–Crippen LogP) is 3.02. The quantitative estimate of drug-likeness (QED) is 0.692. The van der Waals surface area contributed by atoms with E-state index in [9.17, 15) is 4.79 Å². The monoisotopic (exact) mass is 324 g/mol. The molecule has 0 bridgehead atoms. The number of nitrogens with zero attached hydrogens (tertiary/aromatic N) is 1. The van der Waals surface area contributed by atoms with Crippen LogP contribution in [0.2, 0.25) is 0 Å². The zero-order valence-corrected chi connectivity index (χ0v) is 14.1. The number of aryl methyl sites for hydroxylation is 1. The number of benzene rings is 1. The van der Waals surface area contributed by atoms with Gasteiger partial charge in [-0.3, -0.25) is 4.79 Å². The molecule has 0 saturated heterocycles. The Bertz CT molecular complexity index is 805. The van der Waals surface area contributed by atoms with E-state index in [0.717, 1.165) is 29.8 Å². The Balaban J connectivity index is 1.76. The molecule has 5 nitrogen and oxygen atoms in total. The highest BCUT2D eigenvalue weighted by atomic mass is 16.5. The summed E-state index contributed by atoms with van der Waals surface area (Å²) >= 11 is 0. The molecule has 1 heterocycles. The van der Waals surface area contributed by atoms with E-state index in [1.165, 1.54) is 12.7 Å². The van der Waals surface area contributed by atoms with Crippen molar-refractivity contribution in [2.45, 2.75) is 31.6 Å². The second-order valence-electron chi connectivity index (χ2n) is 6.08. The summed E-state index contributed by atoms with van der Waals surface area (Å²) in [7, 11) is 3.25. The van der Waals surface area contributed by atoms with E-state index >= 15 is 0 Å². The van der Waals surface area contributed by atoms with Gasteiger partial charge < -0.3 is 14.6 Å². The van der Waals surface area contributed by atoms with Crippen molar-refractivity contribution in [3.8, 4) is 11.8 Å². The molecule has 0 amide bonds. The molecule has 1 fully saturated rings. The van der Waals surface area contributed by atoms with Crippen molar-refractivity contribution in [2.75, 3.05) is 19.5 Å². The Morgan fingerprint density at radius 3 is 2.62 bits per heavy atom. The summed E-state index contributed by atoms with van der Waals surface area (Å²) in [6.45, 7) is 1.87. The Morgan fingerprint density at radius 2 is 2.04 bits per heavy atom. The minimum Gasteiger partial charge on any atom is -0.469 e. The highest BCUT2D eigenvalue weighted by molar-refractivity contribution is 5.72. The lowest BCUT2D eigenvalue weighted by atomic mass is 9.92. The van der Waals surface area contributed by atoms with Crippen molar-refractivity contribution < 1.29 is 14.1 Å². The lowest BCUT2D eigenvalue weighted by molar-refractivity contribution is -0.141. The first kappa shape index (κ1) is 16.1. The van der Waals surface area contributed by atoms with Gasteiger partial charge in [-0.15, -0.1) is 0 Å². The lowest BCUT2D eigenvalue weighted by Gasteiger charge is -2.14. The number of esters is 1. The van der Waals surface area contributed by atoms with E-state index in [1.807, 2.05) is 38.2 Å². The van der Waals surface area contributed by atoms with Gasteiger partial charge in [0.05, 0.1) is 13.5 Å². The Labute approximate surface area is 141 Å². The number of carbonyl (C=O) groups excluding carboxylic acids is 1. The molecule has 5 heteroatoms. The van der Waals surface area contributed by atoms with Crippen molar-refractivity contribution >= 4 is 11.7 Å². The minimum atomic E-state index is -0.156. The molecule has 1 saturated carbocycles. The van der Waals surface area contributed by atoms with Gasteiger partial charge in [0.25, 0.3) is 0 Å². The lowest BCUT2D eigenvalue weighted by Crippen LogP contribution is -2.14. The number of methoxy groups -OCH3 is 1. The van der Waals surface area contributed by atoms with Crippen LogP contribution in [0.5, 0.6) is 0 Å². The molecule has 0 atom stereocenters. The fourth-order valence-electron chi connectivity index (χ4n) is 2.85. The van der Waals surface area contributed by atoms with E-state index in [2.05, 4.69) is 22.3 Å². The molecule has 1 aromatic heterocycles. The molecule has 0 aliphatic heterocycles. The van der Waals surface area contributed by atoms with Gasteiger partial charge in [0.2, 0.25) is 5.76 Å². The van der Waals surface area contributed by atoms with Crippen LogP contribution < -0.4 is 5.32 Å². The number of aromatic nitrogens is 1. The van der Waals surface area contributed by atoms with Gasteiger partial charge in [0, 0.05) is 18.0 Å². The number of hydrogen-bond donors (Lipinski definition) is 1. The van der Waals surface area contributed by atoms with Crippen LogP contribution in [0.4, 0.5) is 5.69 Å². The number of ether oxygens (including phenoxy) is 1. The van der Waals surface area contributed by atoms with E-state index in [1.54, 1.807) is 0 Å². The SMILES string of the molecule is CNc1c(C)noc1C#Cc1ccc(C2(CC(=O)OC)CC2)cc1. The minimum absolute atomic E-state index is 0.0413. The summed E-state index contributed by atoms with van der Waals surface area (Å²) in [5.74, 6) is 6.46. The van der Waals surface area contributed by atoms with Gasteiger partial charge >= 0.3 is 5.97 Å². The molecule has 24 heavy (non-hydrogen) atoms. The van der Waals surface area contributed by atoms with Crippen LogP contribution in [0.25, 0.3) is 0 Å². The van der Waals surface area contributed by atoms with Crippen molar-refractivity contribution in [3.63, 3.8) is 0 Å². The standard InChI is InChI=1S/C19H20N2O3/c1-13-18(20-2)16(24-21-13)9-6-14-4-7-15(8-5-14)19(10-11-19)12-17(22)23-3/h4-5,7-8,20H,10-12H2,1-3H3. The maximum atomic E-state index is 11.6. The number of anilines is 1. The molecule has 1 N–H and O–H groups in total. The molecular weight excluding hydrogens is 304 g/mol. The molecule has 0 unspecified atom stereocenters. The van der Waals surface area contributed by atoms with Crippen molar-refractivity contribution in [2.24, 2.45) is 0 Å². The number of nitrogens with one attached hydrogen (secondary N) is 1. The largest absolute Gasteiger partial charge is 0.469 e. The van der Waals surface area contributed by atoms with Crippen molar-refractivity contribution in [1.82, 2.24) is 5.16 Å². The maximum Gasteiger partial charge on any atom is 0.306 e. The average molecular weight is 324 g/mol. The molecule has 1 aliphatic carbocycles. The van der Waals surface area contributed by atoms with Crippen LogP contribution in [0.1, 0.15) is 41.8 Å². The van der Waals surface area contributed by atoms with E-state index in [0.29, 0.717) is 12.2 Å². The van der Waals surface area contributed by atoms with Crippen LogP contribution in [0.3, 0.4) is 0 Å². The molecule has 0 radical (unpaired) electrons. The number of rotatable bonds is 4. The third-order valence-electron chi connectivity index (χ3n) is 4.49. The number of hydrogen-bond acceptors (Lipinski definition) is 5. The molecule has 1 aromatic carbocycles.